The van der Waals surface area contributed by atoms with Gasteiger partial charge < -0.3 is 20.0 Å². The predicted molar refractivity (Wildman–Crippen MR) is 155 cm³/mol. The second-order valence-corrected chi connectivity index (χ2v) is 10.6. The smallest absolute Gasteiger partial charge is 0.254 e. The monoisotopic (exact) mass is 527 g/mol. The minimum absolute atomic E-state index is 0.0633. The molecule has 7 heteroatoms. The molecule has 0 unspecified atom stereocenters. The van der Waals surface area contributed by atoms with Gasteiger partial charge in [-0.05, 0) is 87.3 Å². The summed E-state index contributed by atoms with van der Waals surface area (Å²) < 4.78 is 0. The van der Waals surface area contributed by atoms with Crippen LogP contribution in [-0.2, 0) is 0 Å². The maximum absolute atomic E-state index is 13.8. The van der Waals surface area contributed by atoms with Crippen molar-refractivity contribution in [3.8, 4) is 6.07 Å². The summed E-state index contributed by atoms with van der Waals surface area (Å²) in [5.74, 6) is 0.0633. The van der Waals surface area contributed by atoms with E-state index in [4.69, 9.17) is 11.6 Å². The minimum Gasteiger partial charge on any atom is -0.367 e. The lowest BCUT2D eigenvalue weighted by molar-refractivity contribution is 0.0746. The molecule has 38 heavy (non-hydrogen) atoms. The molecule has 6 nitrogen and oxygen atoms in total. The molecule has 3 aromatic carbocycles. The number of rotatable bonds is 5. The fraction of sp³-hybridized carbons (Fsp3) is 0.355. The first-order chi connectivity index (χ1) is 18.5. The third kappa shape index (κ3) is 5.36. The number of hydrogen-bond acceptors (Lipinski definition) is 5. The molecule has 3 aromatic rings. The van der Waals surface area contributed by atoms with Gasteiger partial charge in [0.1, 0.15) is 6.07 Å². The summed E-state index contributed by atoms with van der Waals surface area (Å²) >= 11 is 6.42. The Labute approximate surface area is 230 Å². The van der Waals surface area contributed by atoms with Crippen molar-refractivity contribution < 1.29 is 4.79 Å². The molecule has 0 aliphatic carbocycles. The normalized spacial score (nSPS) is 16.3. The number of carbonyl (C=O) groups is 1. The molecule has 0 atom stereocenters. The number of piperidine rings is 1. The number of nitriles is 1. The highest BCUT2D eigenvalue weighted by molar-refractivity contribution is 6.30. The van der Waals surface area contributed by atoms with Crippen molar-refractivity contribution in [1.29, 1.82) is 5.26 Å². The van der Waals surface area contributed by atoms with E-state index in [1.165, 1.54) is 0 Å². The topological polar surface area (TPSA) is 62.6 Å². The standard InChI is InChI=1S/C31H34ClN5O/c1-22-18-23(2)30(37(26-10-12-34-13-11-26)27-8-5-7-25(32)19-27)20-28(22)31(38)36-16-14-35(15-17-36)29-9-4-3-6-24(29)21-33/h3-9,18-20,26,34H,10-17H2,1-2H3. The van der Waals surface area contributed by atoms with Crippen LogP contribution in [0.15, 0.2) is 60.7 Å². The van der Waals surface area contributed by atoms with Gasteiger partial charge in [-0.1, -0.05) is 35.9 Å². The van der Waals surface area contributed by atoms with Crippen LogP contribution in [0.4, 0.5) is 17.1 Å². The zero-order valence-electron chi connectivity index (χ0n) is 22.1. The molecule has 0 saturated carbocycles. The lowest BCUT2D eigenvalue weighted by Gasteiger charge is -2.38. The Morgan fingerprint density at radius 2 is 1.71 bits per heavy atom. The average molecular weight is 528 g/mol. The van der Waals surface area contributed by atoms with E-state index in [-0.39, 0.29) is 5.91 Å². The van der Waals surface area contributed by atoms with Gasteiger partial charge in [0, 0.05) is 54.2 Å². The van der Waals surface area contributed by atoms with Gasteiger partial charge in [-0.2, -0.15) is 5.26 Å². The second kappa shape index (κ2) is 11.5. The highest BCUT2D eigenvalue weighted by atomic mass is 35.5. The molecule has 2 heterocycles. The van der Waals surface area contributed by atoms with Crippen molar-refractivity contribution in [2.24, 2.45) is 0 Å². The van der Waals surface area contributed by atoms with Crippen LogP contribution >= 0.6 is 11.6 Å². The van der Waals surface area contributed by atoms with Gasteiger partial charge >= 0.3 is 0 Å². The van der Waals surface area contributed by atoms with Crippen molar-refractivity contribution in [3.63, 3.8) is 0 Å². The molecular weight excluding hydrogens is 494 g/mol. The molecule has 2 saturated heterocycles. The maximum Gasteiger partial charge on any atom is 0.254 e. The number of para-hydroxylation sites is 1. The van der Waals surface area contributed by atoms with E-state index in [1.54, 1.807) is 0 Å². The SMILES string of the molecule is Cc1cc(C)c(N(c2cccc(Cl)c2)C2CCNCC2)cc1C(=O)N1CCN(c2ccccc2C#N)CC1. The van der Waals surface area contributed by atoms with Gasteiger partial charge in [0.15, 0.2) is 0 Å². The summed E-state index contributed by atoms with van der Waals surface area (Å²) in [7, 11) is 0. The fourth-order valence-corrected chi connectivity index (χ4v) is 5.92. The number of amides is 1. The van der Waals surface area contributed by atoms with Crippen molar-refractivity contribution >= 4 is 34.6 Å². The molecule has 196 valence electrons. The molecular formula is C31H34ClN5O. The van der Waals surface area contributed by atoms with E-state index in [0.717, 1.165) is 59.7 Å². The van der Waals surface area contributed by atoms with Crippen molar-refractivity contribution in [1.82, 2.24) is 10.2 Å². The van der Waals surface area contributed by atoms with E-state index in [9.17, 15) is 10.1 Å². The van der Waals surface area contributed by atoms with Crippen LogP contribution in [0.2, 0.25) is 5.02 Å². The molecule has 0 bridgehead atoms. The maximum atomic E-state index is 13.8. The first-order valence-electron chi connectivity index (χ1n) is 13.4. The summed E-state index contributed by atoms with van der Waals surface area (Å²) in [6, 6.07) is 22.5. The van der Waals surface area contributed by atoms with Crippen molar-refractivity contribution in [3.05, 3.63) is 87.9 Å². The fourth-order valence-electron chi connectivity index (χ4n) is 5.73. The van der Waals surface area contributed by atoms with Gasteiger partial charge in [0.05, 0.1) is 11.3 Å². The summed E-state index contributed by atoms with van der Waals surface area (Å²) in [5.41, 5.74) is 6.62. The van der Waals surface area contributed by atoms with Crippen LogP contribution in [0.3, 0.4) is 0 Å². The molecule has 0 radical (unpaired) electrons. The third-order valence-corrected chi connectivity index (χ3v) is 7.96. The lowest BCUT2D eigenvalue weighted by Crippen LogP contribution is -2.49. The van der Waals surface area contributed by atoms with Crippen LogP contribution in [-0.4, -0.2) is 56.1 Å². The van der Waals surface area contributed by atoms with Gasteiger partial charge in [-0.3, -0.25) is 4.79 Å². The Morgan fingerprint density at radius 1 is 0.974 bits per heavy atom. The summed E-state index contributed by atoms with van der Waals surface area (Å²) in [5, 5.41) is 13.7. The predicted octanol–water partition coefficient (Wildman–Crippen LogP) is 5.68. The van der Waals surface area contributed by atoms with E-state index in [0.29, 0.717) is 42.8 Å². The lowest BCUT2D eigenvalue weighted by atomic mass is 9.97. The number of aryl methyl sites for hydroxylation is 2. The Morgan fingerprint density at radius 3 is 2.42 bits per heavy atom. The van der Waals surface area contributed by atoms with Crippen LogP contribution < -0.4 is 15.1 Å². The third-order valence-electron chi connectivity index (χ3n) is 7.73. The van der Waals surface area contributed by atoms with E-state index in [2.05, 4.69) is 46.3 Å². The molecule has 2 aliphatic heterocycles. The highest BCUT2D eigenvalue weighted by Gasteiger charge is 2.28. The summed E-state index contributed by atoms with van der Waals surface area (Å²) in [6.07, 6.45) is 2.05. The number of hydrogen-bond donors (Lipinski definition) is 1. The molecule has 2 fully saturated rings. The molecule has 0 aromatic heterocycles. The van der Waals surface area contributed by atoms with Gasteiger partial charge in [-0.15, -0.1) is 0 Å². The van der Waals surface area contributed by atoms with Crippen LogP contribution in [0.25, 0.3) is 0 Å². The number of nitrogens with zero attached hydrogens (tertiary/aromatic N) is 4. The number of nitrogens with one attached hydrogen (secondary N) is 1. The highest BCUT2D eigenvalue weighted by Crippen LogP contribution is 2.36. The Kier molecular flexibility index (Phi) is 7.87. The Balaban J connectivity index is 1.42. The van der Waals surface area contributed by atoms with Crippen LogP contribution in [0, 0.1) is 25.2 Å². The number of carbonyl (C=O) groups excluding carboxylic acids is 1. The van der Waals surface area contributed by atoms with Crippen LogP contribution in [0.1, 0.15) is 39.9 Å². The molecule has 5 rings (SSSR count). The molecule has 1 N–H and O–H groups in total. The van der Waals surface area contributed by atoms with Crippen molar-refractivity contribution in [2.75, 3.05) is 49.1 Å². The number of benzene rings is 3. The molecule has 0 spiro atoms. The number of piperazine rings is 1. The van der Waals surface area contributed by atoms with Crippen molar-refractivity contribution in [2.45, 2.75) is 32.7 Å². The Hall–Kier alpha value is -3.53. The minimum atomic E-state index is 0.0633. The van der Waals surface area contributed by atoms with Gasteiger partial charge in [0.2, 0.25) is 0 Å². The first-order valence-corrected chi connectivity index (χ1v) is 13.7. The second-order valence-electron chi connectivity index (χ2n) is 10.2. The quantitative estimate of drug-likeness (QED) is 0.462. The Bertz CT molecular complexity index is 1350. The van der Waals surface area contributed by atoms with E-state index in [1.807, 2.05) is 54.3 Å². The van der Waals surface area contributed by atoms with Gasteiger partial charge in [0.25, 0.3) is 5.91 Å². The zero-order valence-corrected chi connectivity index (χ0v) is 22.8. The number of anilines is 3. The number of halogens is 1. The van der Waals surface area contributed by atoms with E-state index >= 15 is 0 Å². The van der Waals surface area contributed by atoms with Crippen LogP contribution in [0.5, 0.6) is 0 Å². The first kappa shape index (κ1) is 26.1. The molecule has 2 aliphatic rings. The summed E-state index contributed by atoms with van der Waals surface area (Å²) in [4.78, 5) is 20.4. The summed E-state index contributed by atoms with van der Waals surface area (Å²) in [6.45, 7) is 8.73. The molecule has 1 amide bonds. The van der Waals surface area contributed by atoms with E-state index < -0.39 is 0 Å². The van der Waals surface area contributed by atoms with Gasteiger partial charge in [-0.25, -0.2) is 0 Å². The average Bonchev–Trinajstić information content (AvgIpc) is 2.95. The zero-order chi connectivity index (χ0) is 26.6. The largest absolute Gasteiger partial charge is 0.367 e.